The average molecular weight is 397 g/mol. The summed E-state index contributed by atoms with van der Waals surface area (Å²) in [7, 11) is 0. The molecule has 0 radical (unpaired) electrons. The summed E-state index contributed by atoms with van der Waals surface area (Å²) in [6.07, 6.45) is -3.45. The Bertz CT molecular complexity index is 595. The smallest absolute Gasteiger partial charge is 0.416 e. The van der Waals surface area contributed by atoms with E-state index in [1.54, 1.807) is 13.1 Å². The third kappa shape index (κ3) is 4.10. The van der Waals surface area contributed by atoms with Crippen LogP contribution in [0.5, 0.6) is 0 Å². The zero-order valence-electron chi connectivity index (χ0n) is 11.4. The fourth-order valence-electron chi connectivity index (χ4n) is 1.80. The van der Waals surface area contributed by atoms with Gasteiger partial charge in [-0.15, -0.1) is 0 Å². The van der Waals surface area contributed by atoms with E-state index in [9.17, 15) is 18.0 Å². The Kier molecular flexibility index (Phi) is 5.28. The van der Waals surface area contributed by atoms with Gasteiger partial charge in [-0.2, -0.15) is 13.2 Å². The Labute approximate surface area is 137 Å². The van der Waals surface area contributed by atoms with Crippen LogP contribution in [-0.4, -0.2) is 18.2 Å². The molecule has 1 unspecified atom stereocenters. The largest absolute Gasteiger partial charge is 0.450 e. The monoisotopic (exact) mass is 396 g/mol. The van der Waals surface area contributed by atoms with Crippen molar-refractivity contribution in [1.29, 1.82) is 0 Å². The first-order chi connectivity index (χ1) is 10.3. The zero-order chi connectivity index (χ0) is 16.3. The number of alkyl carbamates (subject to hydrolysis) is 1. The predicted molar refractivity (Wildman–Crippen MR) is 82.5 cm³/mol. The van der Waals surface area contributed by atoms with Gasteiger partial charge >= 0.3 is 12.3 Å². The van der Waals surface area contributed by atoms with E-state index >= 15 is 0 Å². The number of benzene rings is 1. The number of carbonyl (C=O) groups is 1. The van der Waals surface area contributed by atoms with Crippen LogP contribution in [0.1, 0.15) is 12.5 Å². The van der Waals surface area contributed by atoms with Gasteiger partial charge in [-0.05, 0) is 41.1 Å². The number of nitrogens with zero attached hydrogens (tertiary/aromatic N) is 1. The molecule has 0 aromatic heterocycles. The molecule has 0 saturated carbocycles. The standard InChI is InChI=1S/C13H12BrF3N2O2S/c1-2-21-12(20)18-11-19(7-10(14)22-11)9-5-3-4-8(6-9)13(15,16)17/h3-7,11H,2H2,1H3,(H,18,20). The van der Waals surface area contributed by atoms with E-state index in [4.69, 9.17) is 4.74 Å². The topological polar surface area (TPSA) is 41.6 Å². The minimum absolute atomic E-state index is 0.210. The second kappa shape index (κ2) is 6.82. The molecule has 4 nitrogen and oxygen atoms in total. The maximum atomic E-state index is 12.8. The van der Waals surface area contributed by atoms with Gasteiger partial charge in [0.2, 0.25) is 0 Å². The molecule has 1 aromatic carbocycles. The van der Waals surface area contributed by atoms with Gasteiger partial charge in [0.1, 0.15) is 0 Å². The number of carbonyl (C=O) groups excluding carboxylic acids is 1. The molecule has 1 amide bonds. The Morgan fingerprint density at radius 3 is 2.86 bits per heavy atom. The number of thioether (sulfide) groups is 1. The first-order valence-corrected chi connectivity index (χ1v) is 7.91. The van der Waals surface area contributed by atoms with Gasteiger partial charge < -0.3 is 9.64 Å². The molecule has 22 heavy (non-hydrogen) atoms. The van der Waals surface area contributed by atoms with Gasteiger partial charge in [-0.1, -0.05) is 17.8 Å². The highest BCUT2D eigenvalue weighted by Gasteiger charge is 2.33. The SMILES string of the molecule is CCOC(=O)NC1SC(Br)=CN1c1cccc(C(F)(F)F)c1. The summed E-state index contributed by atoms with van der Waals surface area (Å²) in [4.78, 5) is 13.0. The van der Waals surface area contributed by atoms with E-state index in [1.807, 2.05) is 0 Å². The van der Waals surface area contributed by atoms with Crippen LogP contribution in [0.15, 0.2) is 34.3 Å². The molecule has 9 heteroatoms. The van der Waals surface area contributed by atoms with Crippen molar-refractivity contribution >= 4 is 39.5 Å². The summed E-state index contributed by atoms with van der Waals surface area (Å²) in [5, 5.41) is 2.58. The van der Waals surface area contributed by atoms with Gasteiger partial charge in [0.15, 0.2) is 5.50 Å². The first kappa shape index (κ1) is 17.0. The number of amides is 1. The number of halogens is 4. The average Bonchev–Trinajstić information content (AvgIpc) is 2.79. The highest BCUT2D eigenvalue weighted by molar-refractivity contribution is 9.14. The van der Waals surface area contributed by atoms with Crippen molar-refractivity contribution < 1.29 is 22.7 Å². The Hall–Kier alpha value is -1.35. The molecule has 1 aliphatic heterocycles. The summed E-state index contributed by atoms with van der Waals surface area (Å²) in [5.74, 6) is 0. The van der Waals surface area contributed by atoms with Crippen molar-refractivity contribution in [2.45, 2.75) is 18.6 Å². The minimum atomic E-state index is -4.42. The maximum Gasteiger partial charge on any atom is 0.416 e. The predicted octanol–water partition coefficient (Wildman–Crippen LogP) is 4.48. The number of nitrogens with one attached hydrogen (secondary N) is 1. The minimum Gasteiger partial charge on any atom is -0.450 e. The number of anilines is 1. The summed E-state index contributed by atoms with van der Waals surface area (Å²) in [6, 6.07) is 4.89. The number of rotatable bonds is 3. The number of hydrogen-bond donors (Lipinski definition) is 1. The third-order valence-corrected chi connectivity index (χ3v) is 4.37. The lowest BCUT2D eigenvalue weighted by atomic mass is 10.2. The van der Waals surface area contributed by atoms with E-state index in [0.29, 0.717) is 9.50 Å². The van der Waals surface area contributed by atoms with Crippen LogP contribution in [0, 0.1) is 0 Å². The van der Waals surface area contributed by atoms with Crippen molar-refractivity contribution in [3.63, 3.8) is 0 Å². The van der Waals surface area contributed by atoms with Crippen LogP contribution in [0.3, 0.4) is 0 Å². The van der Waals surface area contributed by atoms with E-state index in [-0.39, 0.29) is 6.61 Å². The van der Waals surface area contributed by atoms with Gasteiger partial charge in [-0.3, -0.25) is 5.32 Å². The summed E-state index contributed by atoms with van der Waals surface area (Å²) < 4.78 is 43.9. The Balaban J connectivity index is 2.23. The first-order valence-electron chi connectivity index (χ1n) is 6.24. The molecule has 1 aromatic rings. The van der Waals surface area contributed by atoms with E-state index in [0.717, 1.165) is 12.1 Å². The van der Waals surface area contributed by atoms with Crippen molar-refractivity contribution in [2.75, 3.05) is 11.5 Å². The highest BCUT2D eigenvalue weighted by atomic mass is 79.9. The number of hydrogen-bond acceptors (Lipinski definition) is 4. The third-order valence-electron chi connectivity index (χ3n) is 2.71. The summed E-state index contributed by atoms with van der Waals surface area (Å²) >= 11 is 4.52. The van der Waals surface area contributed by atoms with Crippen LogP contribution < -0.4 is 10.2 Å². The van der Waals surface area contributed by atoms with Crippen LogP contribution >= 0.6 is 27.7 Å². The lowest BCUT2D eigenvalue weighted by Gasteiger charge is -2.25. The van der Waals surface area contributed by atoms with E-state index in [2.05, 4.69) is 21.2 Å². The second-order valence-corrected chi connectivity index (χ2v) is 6.72. The maximum absolute atomic E-state index is 12.8. The van der Waals surface area contributed by atoms with Crippen molar-refractivity contribution in [3.05, 3.63) is 39.8 Å². The lowest BCUT2D eigenvalue weighted by molar-refractivity contribution is -0.137. The molecule has 0 fully saturated rings. The normalized spacial score (nSPS) is 18.1. The Morgan fingerprint density at radius 1 is 1.50 bits per heavy atom. The zero-order valence-corrected chi connectivity index (χ0v) is 13.8. The fourth-order valence-corrected chi connectivity index (χ4v) is 3.39. The lowest BCUT2D eigenvalue weighted by Crippen LogP contribution is -2.42. The molecule has 2 rings (SSSR count). The number of ether oxygens (including phenoxy) is 1. The quantitative estimate of drug-likeness (QED) is 0.817. The molecule has 0 bridgehead atoms. The molecule has 1 atom stereocenters. The van der Waals surface area contributed by atoms with Crippen LogP contribution in [-0.2, 0) is 10.9 Å². The molecule has 1 aliphatic rings. The summed E-state index contributed by atoms with van der Waals surface area (Å²) in [5.41, 5.74) is -1.02. The van der Waals surface area contributed by atoms with Gasteiger partial charge in [0.25, 0.3) is 0 Å². The van der Waals surface area contributed by atoms with E-state index in [1.165, 1.54) is 28.8 Å². The van der Waals surface area contributed by atoms with Crippen molar-refractivity contribution in [3.8, 4) is 0 Å². The molecule has 0 spiro atoms. The van der Waals surface area contributed by atoms with Gasteiger partial charge in [0, 0.05) is 11.9 Å². The fraction of sp³-hybridized carbons (Fsp3) is 0.308. The van der Waals surface area contributed by atoms with Crippen molar-refractivity contribution in [2.24, 2.45) is 0 Å². The number of alkyl halides is 3. The molecule has 1 heterocycles. The van der Waals surface area contributed by atoms with Crippen molar-refractivity contribution in [1.82, 2.24) is 5.32 Å². The Morgan fingerprint density at radius 2 is 2.23 bits per heavy atom. The highest BCUT2D eigenvalue weighted by Crippen LogP contribution is 2.39. The molecule has 0 aliphatic carbocycles. The molecule has 1 N–H and O–H groups in total. The molecular formula is C13H12BrF3N2O2S. The van der Waals surface area contributed by atoms with Crippen LogP contribution in [0.25, 0.3) is 0 Å². The molecular weight excluding hydrogens is 385 g/mol. The van der Waals surface area contributed by atoms with Crippen LogP contribution in [0.4, 0.5) is 23.7 Å². The van der Waals surface area contributed by atoms with Crippen LogP contribution in [0.2, 0.25) is 0 Å². The molecule has 0 saturated heterocycles. The van der Waals surface area contributed by atoms with E-state index < -0.39 is 23.3 Å². The van der Waals surface area contributed by atoms with Gasteiger partial charge in [-0.25, -0.2) is 4.79 Å². The summed E-state index contributed by atoms with van der Waals surface area (Å²) in [6.45, 7) is 1.88. The molecule has 120 valence electrons. The second-order valence-electron chi connectivity index (χ2n) is 4.22. The van der Waals surface area contributed by atoms with Gasteiger partial charge in [0.05, 0.1) is 16.0 Å².